The van der Waals surface area contributed by atoms with Crippen LogP contribution in [-0.2, 0) is 5.41 Å². The molecule has 128 valence electrons. The van der Waals surface area contributed by atoms with Gasteiger partial charge in [0.15, 0.2) is 5.78 Å². The lowest BCUT2D eigenvalue weighted by Crippen LogP contribution is -2.18. The Kier molecular flexibility index (Phi) is 7.34. The number of benzene rings is 1. The standard InChI is InChI=1S/C20H30O3/c1-6-8-9-10-11-20(4,5)16-13-17(22)19(15(3)21)18(14-16)23-12-7-2/h7,13-14,22H,2,6,8-12H2,1,3-5H3. The van der Waals surface area contributed by atoms with E-state index in [2.05, 4.69) is 27.4 Å². The van der Waals surface area contributed by atoms with Crippen molar-refractivity contribution in [3.8, 4) is 11.5 Å². The average molecular weight is 318 g/mol. The van der Waals surface area contributed by atoms with E-state index >= 15 is 0 Å². The topological polar surface area (TPSA) is 46.5 Å². The molecule has 3 heteroatoms. The van der Waals surface area contributed by atoms with Gasteiger partial charge >= 0.3 is 0 Å². The molecule has 3 nitrogen and oxygen atoms in total. The van der Waals surface area contributed by atoms with Crippen LogP contribution in [0.4, 0.5) is 0 Å². The van der Waals surface area contributed by atoms with Crippen LogP contribution in [0, 0.1) is 0 Å². The summed E-state index contributed by atoms with van der Waals surface area (Å²) < 4.78 is 5.61. The number of aromatic hydroxyl groups is 1. The predicted molar refractivity (Wildman–Crippen MR) is 95.6 cm³/mol. The van der Waals surface area contributed by atoms with Crippen molar-refractivity contribution in [2.75, 3.05) is 6.61 Å². The van der Waals surface area contributed by atoms with Crippen molar-refractivity contribution in [1.29, 1.82) is 0 Å². The summed E-state index contributed by atoms with van der Waals surface area (Å²) in [5.74, 6) is 0.235. The Morgan fingerprint density at radius 3 is 2.57 bits per heavy atom. The molecule has 0 amide bonds. The molecule has 1 aromatic rings. The van der Waals surface area contributed by atoms with Gasteiger partial charge in [-0.3, -0.25) is 4.79 Å². The van der Waals surface area contributed by atoms with E-state index in [-0.39, 0.29) is 22.5 Å². The summed E-state index contributed by atoms with van der Waals surface area (Å²) >= 11 is 0. The number of unbranched alkanes of at least 4 members (excludes halogenated alkanes) is 3. The zero-order chi connectivity index (χ0) is 17.5. The zero-order valence-corrected chi connectivity index (χ0v) is 14.9. The van der Waals surface area contributed by atoms with Crippen LogP contribution in [0.5, 0.6) is 11.5 Å². The van der Waals surface area contributed by atoms with Crippen molar-refractivity contribution in [1.82, 2.24) is 0 Å². The summed E-state index contributed by atoms with van der Waals surface area (Å²) in [5, 5.41) is 10.3. The minimum atomic E-state index is -0.200. The lowest BCUT2D eigenvalue weighted by molar-refractivity contribution is 0.101. The highest BCUT2D eigenvalue weighted by Crippen LogP contribution is 2.37. The van der Waals surface area contributed by atoms with Gasteiger partial charge in [0.1, 0.15) is 23.7 Å². The Morgan fingerprint density at radius 1 is 1.30 bits per heavy atom. The number of rotatable bonds is 10. The van der Waals surface area contributed by atoms with Gasteiger partial charge in [-0.15, -0.1) is 0 Å². The van der Waals surface area contributed by atoms with Gasteiger partial charge in [0.25, 0.3) is 0 Å². The Hall–Kier alpha value is -1.77. The molecule has 0 atom stereocenters. The number of ketones is 1. The molecule has 0 aliphatic carbocycles. The summed E-state index contributed by atoms with van der Waals surface area (Å²) in [6, 6.07) is 3.59. The summed E-state index contributed by atoms with van der Waals surface area (Å²) in [4.78, 5) is 11.8. The number of Topliss-reactive ketones (excluding diaryl/α,β-unsaturated/α-hetero) is 1. The fourth-order valence-electron chi connectivity index (χ4n) is 2.75. The molecule has 23 heavy (non-hydrogen) atoms. The average Bonchev–Trinajstić information content (AvgIpc) is 2.48. The number of carbonyl (C=O) groups is 1. The largest absolute Gasteiger partial charge is 0.507 e. The third-order valence-corrected chi connectivity index (χ3v) is 4.23. The molecule has 0 spiro atoms. The van der Waals surface area contributed by atoms with Crippen LogP contribution < -0.4 is 4.74 Å². The Balaban J connectivity index is 3.08. The van der Waals surface area contributed by atoms with Crippen LogP contribution in [-0.4, -0.2) is 17.5 Å². The van der Waals surface area contributed by atoms with Crippen LogP contribution in [0.3, 0.4) is 0 Å². The van der Waals surface area contributed by atoms with Gasteiger partial charge in [0, 0.05) is 0 Å². The van der Waals surface area contributed by atoms with E-state index in [1.807, 2.05) is 6.07 Å². The normalized spacial score (nSPS) is 11.3. The Bertz CT molecular complexity index is 544. The minimum absolute atomic E-state index is 0.00399. The van der Waals surface area contributed by atoms with Gasteiger partial charge in [0.05, 0.1) is 0 Å². The van der Waals surface area contributed by atoms with Crippen molar-refractivity contribution in [2.45, 2.75) is 65.2 Å². The van der Waals surface area contributed by atoms with Gasteiger partial charge in [-0.25, -0.2) is 0 Å². The SMILES string of the molecule is C=CCOc1cc(C(C)(C)CCCCCC)cc(O)c1C(C)=O. The van der Waals surface area contributed by atoms with E-state index in [0.717, 1.165) is 18.4 Å². The first-order valence-corrected chi connectivity index (χ1v) is 8.45. The highest BCUT2D eigenvalue weighted by Gasteiger charge is 2.25. The van der Waals surface area contributed by atoms with E-state index in [9.17, 15) is 9.90 Å². The molecule has 0 unspecified atom stereocenters. The number of phenolic OH excluding ortho intramolecular Hbond substituents is 1. The molecule has 1 N–H and O–H groups in total. The van der Waals surface area contributed by atoms with Crippen LogP contribution in [0.1, 0.15) is 75.7 Å². The third-order valence-electron chi connectivity index (χ3n) is 4.23. The number of ether oxygens (including phenoxy) is 1. The van der Waals surface area contributed by atoms with Crippen molar-refractivity contribution in [3.63, 3.8) is 0 Å². The van der Waals surface area contributed by atoms with E-state index in [1.165, 1.54) is 26.2 Å². The van der Waals surface area contributed by atoms with Gasteiger partial charge in [0.2, 0.25) is 0 Å². The number of hydrogen-bond donors (Lipinski definition) is 1. The monoisotopic (exact) mass is 318 g/mol. The van der Waals surface area contributed by atoms with Crippen molar-refractivity contribution in [2.24, 2.45) is 0 Å². The molecule has 1 rings (SSSR count). The smallest absolute Gasteiger partial charge is 0.167 e. The molecular formula is C20H30O3. The van der Waals surface area contributed by atoms with Crippen LogP contribution in [0.25, 0.3) is 0 Å². The zero-order valence-electron chi connectivity index (χ0n) is 14.9. The first-order chi connectivity index (χ1) is 10.8. The fourth-order valence-corrected chi connectivity index (χ4v) is 2.75. The van der Waals surface area contributed by atoms with Gasteiger partial charge < -0.3 is 9.84 Å². The first kappa shape index (κ1) is 19.3. The van der Waals surface area contributed by atoms with Crippen molar-refractivity contribution in [3.05, 3.63) is 35.9 Å². The molecule has 0 aliphatic rings. The summed E-state index contributed by atoms with van der Waals surface area (Å²) in [6.07, 6.45) is 7.50. The molecule has 1 aromatic carbocycles. The molecule has 0 aromatic heterocycles. The molecule has 0 saturated carbocycles. The molecule has 0 fully saturated rings. The van der Waals surface area contributed by atoms with E-state index in [1.54, 1.807) is 12.1 Å². The maximum absolute atomic E-state index is 11.8. The molecule has 0 radical (unpaired) electrons. The summed E-state index contributed by atoms with van der Waals surface area (Å²) in [6.45, 7) is 11.9. The Labute approximate surface area is 140 Å². The summed E-state index contributed by atoms with van der Waals surface area (Å²) in [5.41, 5.74) is 1.17. The first-order valence-electron chi connectivity index (χ1n) is 8.45. The predicted octanol–water partition coefficient (Wildman–Crippen LogP) is 5.41. The maximum Gasteiger partial charge on any atom is 0.167 e. The summed E-state index contributed by atoms with van der Waals surface area (Å²) in [7, 11) is 0. The Morgan fingerprint density at radius 2 is 2.00 bits per heavy atom. The van der Waals surface area contributed by atoms with E-state index in [4.69, 9.17) is 4.74 Å². The van der Waals surface area contributed by atoms with Crippen LogP contribution in [0.15, 0.2) is 24.8 Å². The molecular weight excluding hydrogens is 288 g/mol. The van der Waals surface area contributed by atoms with Crippen molar-refractivity contribution >= 4 is 5.78 Å². The van der Waals surface area contributed by atoms with E-state index < -0.39 is 0 Å². The van der Waals surface area contributed by atoms with Crippen LogP contribution >= 0.6 is 0 Å². The van der Waals surface area contributed by atoms with Gasteiger partial charge in [-0.1, -0.05) is 59.1 Å². The number of hydrogen-bond acceptors (Lipinski definition) is 3. The minimum Gasteiger partial charge on any atom is -0.507 e. The lowest BCUT2D eigenvalue weighted by atomic mass is 9.79. The maximum atomic E-state index is 11.8. The number of phenols is 1. The second-order valence-electron chi connectivity index (χ2n) is 6.72. The second-order valence-corrected chi connectivity index (χ2v) is 6.72. The number of carbonyl (C=O) groups excluding carboxylic acids is 1. The van der Waals surface area contributed by atoms with Gasteiger partial charge in [-0.05, 0) is 36.5 Å². The fraction of sp³-hybridized carbons (Fsp3) is 0.550. The third kappa shape index (κ3) is 5.42. The molecule has 0 heterocycles. The van der Waals surface area contributed by atoms with E-state index in [0.29, 0.717) is 12.4 Å². The van der Waals surface area contributed by atoms with Gasteiger partial charge in [-0.2, -0.15) is 0 Å². The quantitative estimate of drug-likeness (QED) is 0.356. The molecule has 0 saturated heterocycles. The highest BCUT2D eigenvalue weighted by molar-refractivity contribution is 5.99. The highest BCUT2D eigenvalue weighted by atomic mass is 16.5. The second kappa shape index (κ2) is 8.76. The van der Waals surface area contributed by atoms with Crippen molar-refractivity contribution < 1.29 is 14.6 Å². The van der Waals surface area contributed by atoms with Crippen LogP contribution in [0.2, 0.25) is 0 Å². The molecule has 0 aliphatic heterocycles. The lowest BCUT2D eigenvalue weighted by Gasteiger charge is -2.27. The molecule has 0 bridgehead atoms.